The second-order valence-corrected chi connectivity index (χ2v) is 9.95. The number of nitrogens with zero attached hydrogens (tertiary/aromatic N) is 6. The SMILES string of the molecule is Cc1nn(C)c2ncc(C(=O)N3CCCN(Cc4cccnc4)CC3)c(SC(C)C)c12. The molecule has 3 aromatic rings. The van der Waals surface area contributed by atoms with Gasteiger partial charge < -0.3 is 4.90 Å². The van der Waals surface area contributed by atoms with Crippen LogP contribution in [0.5, 0.6) is 0 Å². The molecule has 0 unspecified atom stereocenters. The van der Waals surface area contributed by atoms with Crippen molar-refractivity contribution >= 4 is 28.7 Å². The molecule has 0 aromatic carbocycles. The highest BCUT2D eigenvalue weighted by molar-refractivity contribution is 8.00. The van der Waals surface area contributed by atoms with Gasteiger partial charge in [0.25, 0.3) is 5.91 Å². The van der Waals surface area contributed by atoms with Crippen LogP contribution in [0.1, 0.15) is 41.9 Å². The summed E-state index contributed by atoms with van der Waals surface area (Å²) in [4.78, 5) is 27.8. The number of thioether (sulfide) groups is 1. The number of carbonyl (C=O) groups is 1. The van der Waals surface area contributed by atoms with Crippen molar-refractivity contribution in [2.45, 2.75) is 43.9 Å². The number of hydrogen-bond donors (Lipinski definition) is 0. The van der Waals surface area contributed by atoms with Crippen molar-refractivity contribution < 1.29 is 4.79 Å². The first-order valence-corrected chi connectivity index (χ1v) is 11.7. The average molecular weight is 439 g/mol. The number of fused-ring (bicyclic) bond motifs is 1. The zero-order valence-electron chi connectivity index (χ0n) is 18.7. The third kappa shape index (κ3) is 4.75. The maximum atomic E-state index is 13.6. The summed E-state index contributed by atoms with van der Waals surface area (Å²) >= 11 is 1.72. The summed E-state index contributed by atoms with van der Waals surface area (Å²) < 4.78 is 1.80. The smallest absolute Gasteiger partial charge is 0.256 e. The molecule has 8 heteroatoms. The predicted molar refractivity (Wildman–Crippen MR) is 124 cm³/mol. The molecule has 1 amide bonds. The van der Waals surface area contributed by atoms with E-state index in [4.69, 9.17) is 0 Å². The van der Waals surface area contributed by atoms with Gasteiger partial charge in [0.15, 0.2) is 5.65 Å². The molecule has 1 aliphatic heterocycles. The van der Waals surface area contributed by atoms with Gasteiger partial charge in [0.2, 0.25) is 0 Å². The van der Waals surface area contributed by atoms with Gasteiger partial charge in [0.1, 0.15) is 0 Å². The maximum absolute atomic E-state index is 13.6. The van der Waals surface area contributed by atoms with Gasteiger partial charge in [-0.3, -0.25) is 19.4 Å². The highest BCUT2D eigenvalue weighted by Crippen LogP contribution is 2.35. The van der Waals surface area contributed by atoms with Crippen molar-refractivity contribution in [3.05, 3.63) is 47.5 Å². The fourth-order valence-corrected chi connectivity index (χ4v) is 5.24. The molecule has 0 radical (unpaired) electrons. The normalized spacial score (nSPS) is 15.6. The van der Waals surface area contributed by atoms with Crippen molar-refractivity contribution in [1.29, 1.82) is 0 Å². The molecule has 4 heterocycles. The van der Waals surface area contributed by atoms with Gasteiger partial charge in [-0.15, -0.1) is 11.8 Å². The lowest BCUT2D eigenvalue weighted by molar-refractivity contribution is 0.0757. The van der Waals surface area contributed by atoms with Crippen LogP contribution < -0.4 is 0 Å². The molecule has 0 aliphatic carbocycles. The molecule has 1 fully saturated rings. The van der Waals surface area contributed by atoms with Crippen molar-refractivity contribution in [2.24, 2.45) is 7.05 Å². The van der Waals surface area contributed by atoms with E-state index >= 15 is 0 Å². The maximum Gasteiger partial charge on any atom is 0.256 e. The molecule has 0 atom stereocenters. The van der Waals surface area contributed by atoms with Crippen molar-refractivity contribution in [1.82, 2.24) is 29.5 Å². The molecule has 164 valence electrons. The van der Waals surface area contributed by atoms with Crippen LogP contribution in [-0.4, -0.2) is 66.9 Å². The molecular weight excluding hydrogens is 408 g/mol. The Labute approximate surface area is 187 Å². The van der Waals surface area contributed by atoms with Crippen LogP contribution in [0.15, 0.2) is 35.6 Å². The van der Waals surface area contributed by atoms with Gasteiger partial charge >= 0.3 is 0 Å². The molecule has 1 aliphatic rings. The summed E-state index contributed by atoms with van der Waals surface area (Å²) in [7, 11) is 1.90. The number of aryl methyl sites for hydroxylation is 2. The predicted octanol–water partition coefficient (Wildman–Crippen LogP) is 3.52. The average Bonchev–Trinajstić information content (AvgIpc) is 2.90. The Kier molecular flexibility index (Phi) is 6.57. The fraction of sp³-hybridized carbons (Fsp3) is 0.478. The van der Waals surface area contributed by atoms with Gasteiger partial charge in [-0.1, -0.05) is 19.9 Å². The molecule has 31 heavy (non-hydrogen) atoms. The number of carbonyl (C=O) groups excluding carboxylic acids is 1. The van der Waals surface area contributed by atoms with Gasteiger partial charge in [-0.2, -0.15) is 5.10 Å². The van der Waals surface area contributed by atoms with Crippen LogP contribution in [0.3, 0.4) is 0 Å². The number of aromatic nitrogens is 4. The first kappa shape index (κ1) is 21.8. The Morgan fingerprint density at radius 1 is 1.19 bits per heavy atom. The Bertz CT molecular complexity index is 1060. The van der Waals surface area contributed by atoms with E-state index in [2.05, 4.69) is 39.9 Å². The van der Waals surface area contributed by atoms with E-state index in [9.17, 15) is 4.79 Å². The standard InChI is InChI=1S/C23H30N6OS/c1-16(2)31-21-19(14-25-22-20(21)17(3)26-27(22)4)23(30)29-10-6-9-28(11-12-29)15-18-7-5-8-24-13-18/h5,7-8,13-14,16H,6,9-12,15H2,1-4H3. The molecule has 0 saturated carbocycles. The summed E-state index contributed by atoms with van der Waals surface area (Å²) in [6.45, 7) is 10.5. The van der Waals surface area contributed by atoms with Crippen LogP contribution in [-0.2, 0) is 13.6 Å². The minimum Gasteiger partial charge on any atom is -0.337 e. The number of pyridine rings is 2. The molecule has 1 saturated heterocycles. The second-order valence-electron chi connectivity index (χ2n) is 8.36. The molecule has 0 bridgehead atoms. The van der Waals surface area contributed by atoms with Crippen molar-refractivity contribution in [2.75, 3.05) is 26.2 Å². The minimum absolute atomic E-state index is 0.0732. The third-order valence-corrected chi connectivity index (χ3v) is 6.70. The lowest BCUT2D eigenvalue weighted by Crippen LogP contribution is -2.35. The molecular formula is C23H30N6OS. The van der Waals surface area contributed by atoms with E-state index in [-0.39, 0.29) is 5.91 Å². The Morgan fingerprint density at radius 3 is 2.77 bits per heavy atom. The van der Waals surface area contributed by atoms with Crippen LogP contribution in [0, 0.1) is 6.92 Å². The lowest BCUT2D eigenvalue weighted by Gasteiger charge is -2.23. The molecule has 0 N–H and O–H groups in total. The molecule has 7 nitrogen and oxygen atoms in total. The van der Waals surface area contributed by atoms with Gasteiger partial charge in [-0.25, -0.2) is 4.98 Å². The second kappa shape index (κ2) is 9.36. The van der Waals surface area contributed by atoms with Crippen LogP contribution in [0.4, 0.5) is 0 Å². The highest BCUT2D eigenvalue weighted by atomic mass is 32.2. The van der Waals surface area contributed by atoms with Gasteiger partial charge in [0, 0.05) is 68.5 Å². The highest BCUT2D eigenvalue weighted by Gasteiger charge is 2.26. The van der Waals surface area contributed by atoms with Crippen molar-refractivity contribution in [3.63, 3.8) is 0 Å². The van der Waals surface area contributed by atoms with E-state index in [0.29, 0.717) is 10.8 Å². The number of rotatable bonds is 5. The largest absolute Gasteiger partial charge is 0.337 e. The summed E-state index contributed by atoms with van der Waals surface area (Å²) in [6.07, 6.45) is 6.42. The zero-order chi connectivity index (χ0) is 22.0. The van der Waals surface area contributed by atoms with Crippen LogP contribution >= 0.6 is 11.8 Å². The monoisotopic (exact) mass is 438 g/mol. The zero-order valence-corrected chi connectivity index (χ0v) is 19.5. The van der Waals surface area contributed by atoms with E-state index in [1.54, 1.807) is 28.8 Å². The number of amides is 1. The minimum atomic E-state index is 0.0732. The van der Waals surface area contributed by atoms with Gasteiger partial charge in [-0.05, 0) is 25.0 Å². The lowest BCUT2D eigenvalue weighted by atomic mass is 10.1. The van der Waals surface area contributed by atoms with Gasteiger partial charge in [0.05, 0.1) is 16.6 Å². The van der Waals surface area contributed by atoms with Crippen LogP contribution in [0.25, 0.3) is 11.0 Å². The Hall–Kier alpha value is -2.45. The first-order valence-electron chi connectivity index (χ1n) is 10.8. The summed E-state index contributed by atoms with van der Waals surface area (Å²) in [5, 5.41) is 5.90. The topological polar surface area (TPSA) is 67.2 Å². The number of hydrogen-bond acceptors (Lipinski definition) is 6. The Morgan fingerprint density at radius 2 is 2.03 bits per heavy atom. The quantitative estimate of drug-likeness (QED) is 0.568. The van der Waals surface area contributed by atoms with Crippen LogP contribution in [0.2, 0.25) is 0 Å². The third-order valence-electron chi connectivity index (χ3n) is 5.57. The molecule has 4 rings (SSSR count). The van der Waals surface area contributed by atoms with E-state index in [1.807, 2.05) is 31.1 Å². The molecule has 3 aromatic heterocycles. The fourth-order valence-electron chi connectivity index (χ4n) is 4.14. The summed E-state index contributed by atoms with van der Waals surface area (Å²) in [5.74, 6) is 0.0732. The Balaban J connectivity index is 1.57. The summed E-state index contributed by atoms with van der Waals surface area (Å²) in [5.41, 5.74) is 3.65. The first-order chi connectivity index (χ1) is 14.9. The molecule has 0 spiro atoms. The van der Waals surface area contributed by atoms with E-state index in [0.717, 1.165) is 60.8 Å². The van der Waals surface area contributed by atoms with E-state index < -0.39 is 0 Å². The summed E-state index contributed by atoms with van der Waals surface area (Å²) in [6, 6.07) is 4.08. The van der Waals surface area contributed by atoms with Crippen molar-refractivity contribution in [3.8, 4) is 0 Å². The van der Waals surface area contributed by atoms with E-state index in [1.165, 1.54) is 5.56 Å².